The molecule has 5 aromatic rings. The number of tetrazole rings is 1. The van der Waals surface area contributed by atoms with E-state index < -0.39 is 0 Å². The molecule has 2 heterocycles. The van der Waals surface area contributed by atoms with Gasteiger partial charge in [-0.25, -0.2) is 0 Å². The van der Waals surface area contributed by atoms with Gasteiger partial charge in [0.05, 0.1) is 5.69 Å². The summed E-state index contributed by atoms with van der Waals surface area (Å²) in [6.45, 7) is 2.58. The monoisotopic (exact) mass is 488 g/mol. The average Bonchev–Trinajstić information content (AvgIpc) is 3.48. The van der Waals surface area contributed by atoms with Crippen LogP contribution in [0.1, 0.15) is 17.5 Å². The maximum absolute atomic E-state index is 6.04. The quantitative estimate of drug-likeness (QED) is 0.205. The van der Waals surface area contributed by atoms with Crippen LogP contribution in [0.4, 0.5) is 0 Å². The summed E-state index contributed by atoms with van der Waals surface area (Å²) in [6.07, 6.45) is 3.28. The van der Waals surface area contributed by atoms with Gasteiger partial charge in [-0.1, -0.05) is 71.9 Å². The van der Waals surface area contributed by atoms with E-state index >= 15 is 0 Å². The molecule has 172 valence electrons. The second kappa shape index (κ2) is 10.9. The van der Waals surface area contributed by atoms with Gasteiger partial charge in [0.2, 0.25) is 5.16 Å². The van der Waals surface area contributed by atoms with Crippen LogP contribution in [0.3, 0.4) is 0 Å². The zero-order valence-electron chi connectivity index (χ0n) is 18.6. The van der Waals surface area contributed by atoms with Crippen LogP contribution in [-0.4, -0.2) is 37.1 Å². The minimum atomic E-state index is 0.765. The predicted octanol–water partition coefficient (Wildman–Crippen LogP) is 5.59. The summed E-state index contributed by atoms with van der Waals surface area (Å²) in [5.74, 6) is 0.943. The van der Waals surface area contributed by atoms with Gasteiger partial charge in [-0.3, -0.25) is 0 Å². The number of rotatable bonds is 10. The first kappa shape index (κ1) is 22.7. The van der Waals surface area contributed by atoms with Gasteiger partial charge < -0.3 is 9.88 Å². The van der Waals surface area contributed by atoms with Crippen LogP contribution in [0.25, 0.3) is 16.6 Å². The summed E-state index contributed by atoms with van der Waals surface area (Å²) in [4.78, 5) is 0. The van der Waals surface area contributed by atoms with E-state index in [-0.39, 0.29) is 0 Å². The third kappa shape index (κ3) is 5.33. The molecule has 0 bridgehead atoms. The van der Waals surface area contributed by atoms with Crippen molar-refractivity contribution in [2.75, 3.05) is 12.3 Å². The minimum Gasteiger partial charge on any atom is -0.343 e. The molecule has 0 saturated heterocycles. The Labute approximate surface area is 207 Å². The number of halogens is 1. The van der Waals surface area contributed by atoms with Crippen molar-refractivity contribution >= 4 is 34.3 Å². The van der Waals surface area contributed by atoms with Gasteiger partial charge in [0.15, 0.2) is 0 Å². The van der Waals surface area contributed by atoms with Crippen molar-refractivity contribution < 1.29 is 0 Å². The van der Waals surface area contributed by atoms with Crippen molar-refractivity contribution in [3.8, 4) is 5.69 Å². The van der Waals surface area contributed by atoms with Gasteiger partial charge in [-0.15, -0.1) is 5.10 Å². The van der Waals surface area contributed by atoms with Gasteiger partial charge in [0.1, 0.15) is 0 Å². The number of thioether (sulfide) groups is 1. The first-order valence-electron chi connectivity index (χ1n) is 11.3. The van der Waals surface area contributed by atoms with Crippen LogP contribution in [-0.2, 0) is 13.1 Å². The number of nitrogens with zero attached hydrogens (tertiary/aromatic N) is 5. The Morgan fingerprint density at radius 3 is 2.56 bits per heavy atom. The first-order valence-corrected chi connectivity index (χ1v) is 12.6. The van der Waals surface area contributed by atoms with Crippen molar-refractivity contribution in [1.82, 2.24) is 30.1 Å². The van der Waals surface area contributed by atoms with E-state index in [1.807, 2.05) is 42.5 Å². The third-order valence-electron chi connectivity index (χ3n) is 5.62. The summed E-state index contributed by atoms with van der Waals surface area (Å²) < 4.78 is 4.10. The standard InChI is InChI=1S/C26H25ClN6S/c27-22-13-11-20(12-14-22)18-32-19-21(24-9-4-5-10-25(24)32)17-28-15-6-16-34-26-29-30-31-33(26)23-7-2-1-3-8-23/h1-5,7-14,19,28H,6,15-18H2. The molecule has 0 spiro atoms. The Balaban J connectivity index is 1.15. The van der Waals surface area contributed by atoms with Crippen LogP contribution in [0.15, 0.2) is 90.2 Å². The molecule has 0 aliphatic heterocycles. The molecule has 0 atom stereocenters. The topological polar surface area (TPSA) is 60.6 Å². The summed E-state index contributed by atoms with van der Waals surface area (Å²) in [7, 11) is 0. The number of nitrogens with one attached hydrogen (secondary N) is 1. The maximum atomic E-state index is 6.04. The Hall–Kier alpha value is -3.13. The smallest absolute Gasteiger partial charge is 0.214 e. The number of para-hydroxylation sites is 2. The van der Waals surface area contributed by atoms with E-state index in [4.69, 9.17) is 11.6 Å². The Kier molecular flexibility index (Phi) is 7.24. The van der Waals surface area contributed by atoms with Crippen LogP contribution in [0.5, 0.6) is 0 Å². The summed E-state index contributed by atoms with van der Waals surface area (Å²) in [6, 6.07) is 26.6. The Bertz CT molecular complexity index is 1350. The van der Waals surface area contributed by atoms with E-state index in [2.05, 4.69) is 68.0 Å². The highest BCUT2D eigenvalue weighted by atomic mass is 35.5. The van der Waals surface area contributed by atoms with E-state index in [0.29, 0.717) is 0 Å². The van der Waals surface area contributed by atoms with Crippen molar-refractivity contribution in [3.05, 3.63) is 101 Å². The van der Waals surface area contributed by atoms with Gasteiger partial charge in [-0.05, 0) is 64.9 Å². The molecule has 5 rings (SSSR count). The molecule has 0 radical (unpaired) electrons. The lowest BCUT2D eigenvalue weighted by molar-refractivity contribution is 0.677. The summed E-state index contributed by atoms with van der Waals surface area (Å²) >= 11 is 7.72. The number of hydrogen-bond acceptors (Lipinski definition) is 5. The van der Waals surface area contributed by atoms with E-state index in [9.17, 15) is 0 Å². The van der Waals surface area contributed by atoms with Gasteiger partial charge in [0.25, 0.3) is 0 Å². The first-order chi connectivity index (χ1) is 16.8. The molecule has 6 nitrogen and oxygen atoms in total. The minimum absolute atomic E-state index is 0.765. The van der Waals surface area contributed by atoms with Crippen molar-refractivity contribution in [3.63, 3.8) is 0 Å². The number of benzene rings is 3. The molecule has 34 heavy (non-hydrogen) atoms. The molecule has 0 amide bonds. The zero-order chi connectivity index (χ0) is 23.2. The number of aromatic nitrogens is 5. The van der Waals surface area contributed by atoms with Crippen LogP contribution in [0, 0.1) is 0 Å². The predicted molar refractivity (Wildman–Crippen MR) is 139 cm³/mol. The summed E-state index contributed by atoms with van der Waals surface area (Å²) in [5.41, 5.74) is 4.77. The molecule has 0 aliphatic rings. The molecule has 0 aliphatic carbocycles. The Morgan fingerprint density at radius 1 is 0.912 bits per heavy atom. The number of fused-ring (bicyclic) bond motifs is 1. The fourth-order valence-electron chi connectivity index (χ4n) is 3.96. The fraction of sp³-hybridized carbons (Fsp3) is 0.192. The molecule has 2 aromatic heterocycles. The molecule has 1 N–H and O–H groups in total. The van der Waals surface area contributed by atoms with Crippen LogP contribution >= 0.6 is 23.4 Å². The van der Waals surface area contributed by atoms with Gasteiger partial charge in [-0.2, -0.15) is 4.68 Å². The lowest BCUT2D eigenvalue weighted by atomic mass is 10.2. The average molecular weight is 489 g/mol. The molecule has 8 heteroatoms. The van der Waals surface area contributed by atoms with Gasteiger partial charge >= 0.3 is 0 Å². The van der Waals surface area contributed by atoms with E-state index in [1.165, 1.54) is 22.0 Å². The van der Waals surface area contributed by atoms with E-state index in [1.54, 1.807) is 16.4 Å². The lowest BCUT2D eigenvalue weighted by Gasteiger charge is -2.06. The second-order valence-corrected chi connectivity index (χ2v) is 9.51. The third-order valence-corrected chi connectivity index (χ3v) is 6.88. The lowest BCUT2D eigenvalue weighted by Crippen LogP contribution is -2.15. The maximum Gasteiger partial charge on any atom is 0.214 e. The SMILES string of the molecule is Clc1ccc(Cn2cc(CNCCCSc3nnnn3-c3ccccc3)c3ccccc32)cc1. The molecule has 3 aromatic carbocycles. The highest BCUT2D eigenvalue weighted by molar-refractivity contribution is 7.99. The molecule has 0 saturated carbocycles. The molecule has 0 unspecified atom stereocenters. The molecule has 0 fully saturated rings. The summed E-state index contributed by atoms with van der Waals surface area (Å²) in [5, 5.41) is 18.6. The van der Waals surface area contributed by atoms with E-state index in [0.717, 1.165) is 47.7 Å². The van der Waals surface area contributed by atoms with Crippen molar-refractivity contribution in [2.45, 2.75) is 24.7 Å². The molecular formula is C26H25ClN6S. The number of hydrogen-bond donors (Lipinski definition) is 1. The van der Waals surface area contributed by atoms with Crippen LogP contribution < -0.4 is 5.32 Å². The zero-order valence-corrected chi connectivity index (χ0v) is 20.2. The highest BCUT2D eigenvalue weighted by Crippen LogP contribution is 2.23. The largest absolute Gasteiger partial charge is 0.343 e. The van der Waals surface area contributed by atoms with Gasteiger partial charge in [0, 0.05) is 41.0 Å². The highest BCUT2D eigenvalue weighted by Gasteiger charge is 2.10. The fourth-order valence-corrected chi connectivity index (χ4v) is 4.92. The normalized spacial score (nSPS) is 11.3. The second-order valence-electron chi connectivity index (χ2n) is 8.01. The van der Waals surface area contributed by atoms with Crippen LogP contribution in [0.2, 0.25) is 5.02 Å². The molecular weight excluding hydrogens is 464 g/mol. The van der Waals surface area contributed by atoms with Crippen molar-refractivity contribution in [2.24, 2.45) is 0 Å². The van der Waals surface area contributed by atoms with Crippen molar-refractivity contribution in [1.29, 1.82) is 0 Å². The Morgan fingerprint density at radius 2 is 1.71 bits per heavy atom.